The van der Waals surface area contributed by atoms with Crippen molar-refractivity contribution in [1.82, 2.24) is 10.1 Å². The summed E-state index contributed by atoms with van der Waals surface area (Å²) in [5.74, 6) is 2.82. The number of nitrogens with two attached hydrogens (primary N) is 1. The molecule has 0 unspecified atom stereocenters. The van der Waals surface area contributed by atoms with E-state index in [2.05, 4.69) is 35.7 Å². The van der Waals surface area contributed by atoms with Gasteiger partial charge in [-0.05, 0) is 88.6 Å². The van der Waals surface area contributed by atoms with Crippen LogP contribution in [-0.2, 0) is 17.7 Å². The van der Waals surface area contributed by atoms with Gasteiger partial charge in [-0.25, -0.2) is 0 Å². The molecule has 0 spiro atoms. The first-order valence-corrected chi connectivity index (χ1v) is 12.8. The van der Waals surface area contributed by atoms with Crippen molar-refractivity contribution < 1.29 is 9.26 Å². The Balaban J connectivity index is 1.29. The predicted molar refractivity (Wildman–Crippen MR) is 131 cm³/mol. The highest BCUT2D eigenvalue weighted by atomic mass is 32.1. The third-order valence-electron chi connectivity index (χ3n) is 6.80. The van der Waals surface area contributed by atoms with Crippen LogP contribution in [0.5, 0.6) is 0 Å². The first-order chi connectivity index (χ1) is 16.1. The number of hydrogen-bond acceptors (Lipinski definition) is 7. The molecule has 1 aliphatic carbocycles. The summed E-state index contributed by atoms with van der Waals surface area (Å²) in [6.45, 7) is 10.2. The van der Waals surface area contributed by atoms with E-state index in [9.17, 15) is 0 Å². The average Bonchev–Trinajstić information content (AvgIpc) is 3.45. The van der Waals surface area contributed by atoms with Crippen molar-refractivity contribution in [2.75, 3.05) is 26.2 Å². The van der Waals surface area contributed by atoms with E-state index in [0.29, 0.717) is 18.4 Å². The second-order valence-electron chi connectivity index (χ2n) is 9.22. The van der Waals surface area contributed by atoms with Crippen molar-refractivity contribution in [3.63, 3.8) is 0 Å². The molecule has 0 atom stereocenters. The number of aromatic nitrogens is 1. The lowest BCUT2D eigenvalue weighted by molar-refractivity contribution is 0.173. The molecule has 1 saturated heterocycles. The van der Waals surface area contributed by atoms with Crippen LogP contribution in [0.3, 0.4) is 0 Å². The maximum absolute atomic E-state index is 9.01. The van der Waals surface area contributed by atoms with Crippen LogP contribution in [0.1, 0.15) is 58.9 Å². The summed E-state index contributed by atoms with van der Waals surface area (Å²) in [5, 5.41) is 13.4. The Morgan fingerprint density at radius 2 is 2.12 bits per heavy atom. The number of piperidine rings is 1. The van der Waals surface area contributed by atoms with Crippen molar-refractivity contribution in [2.24, 2.45) is 17.6 Å². The highest BCUT2D eigenvalue weighted by Gasteiger charge is 2.25. The molecule has 1 aliphatic heterocycles. The summed E-state index contributed by atoms with van der Waals surface area (Å²) in [6, 6.07) is 6.23. The summed E-state index contributed by atoms with van der Waals surface area (Å²) in [7, 11) is 0. The fraction of sp³-hybridized carbons (Fsp3) is 0.538. The number of allylic oxidation sites excluding steroid dienone is 1. The van der Waals surface area contributed by atoms with Crippen molar-refractivity contribution in [3.05, 3.63) is 57.3 Å². The third-order valence-corrected chi connectivity index (χ3v) is 7.78. The van der Waals surface area contributed by atoms with Crippen LogP contribution >= 0.6 is 11.3 Å². The van der Waals surface area contributed by atoms with Gasteiger partial charge in [0.25, 0.3) is 0 Å². The Hall–Kier alpha value is -2.40. The van der Waals surface area contributed by atoms with Crippen LogP contribution in [0, 0.1) is 30.1 Å². The zero-order valence-corrected chi connectivity index (χ0v) is 20.3. The second-order valence-corrected chi connectivity index (χ2v) is 10.4. The highest BCUT2D eigenvalue weighted by molar-refractivity contribution is 7.12. The highest BCUT2D eigenvalue weighted by Crippen LogP contribution is 2.32. The molecule has 3 heterocycles. The number of likely N-dealkylation sites (tertiary alicyclic amines) is 1. The Morgan fingerprint density at radius 1 is 1.33 bits per heavy atom. The predicted octanol–water partition coefficient (Wildman–Crippen LogP) is 5.04. The second kappa shape index (κ2) is 11.1. The van der Waals surface area contributed by atoms with E-state index in [1.165, 1.54) is 30.6 Å². The number of nitriles is 1. The van der Waals surface area contributed by atoms with Crippen LogP contribution in [0.2, 0.25) is 0 Å². The van der Waals surface area contributed by atoms with E-state index < -0.39 is 0 Å². The van der Waals surface area contributed by atoms with E-state index in [-0.39, 0.29) is 0 Å². The molecule has 2 N–H and O–H groups in total. The van der Waals surface area contributed by atoms with Crippen LogP contribution in [0.4, 0.5) is 0 Å². The lowest BCUT2D eigenvalue weighted by Gasteiger charge is -2.31. The van der Waals surface area contributed by atoms with Crippen LogP contribution < -0.4 is 5.73 Å². The SMILES string of the molecule is C=C/C(OCC1CC1)=C(/CN)c1onc(CCC2CCN(Cc3ccc(C#N)s3)CC2)c1C. The maximum Gasteiger partial charge on any atom is 0.170 e. The molecule has 6 nitrogen and oxygen atoms in total. The van der Waals surface area contributed by atoms with Crippen molar-refractivity contribution in [2.45, 2.75) is 52.0 Å². The van der Waals surface area contributed by atoms with Gasteiger partial charge in [0, 0.05) is 23.5 Å². The fourth-order valence-electron chi connectivity index (χ4n) is 4.47. The van der Waals surface area contributed by atoms with Gasteiger partial charge in [0.2, 0.25) is 0 Å². The molecule has 1 saturated carbocycles. The van der Waals surface area contributed by atoms with Crippen LogP contribution in [0.15, 0.2) is 35.1 Å². The van der Waals surface area contributed by atoms with E-state index in [1.54, 1.807) is 17.4 Å². The van der Waals surface area contributed by atoms with Gasteiger partial charge in [0.15, 0.2) is 5.76 Å². The monoisotopic (exact) mass is 466 g/mol. The molecule has 7 heteroatoms. The number of aryl methyl sites for hydroxylation is 1. The number of rotatable bonds is 11. The Bertz CT molecular complexity index is 1020. The standard InChI is InChI=1S/C26H34N4O2S/c1-3-25(31-17-20-4-5-20)23(15-28)26-18(2)24(29-32-26)9-6-19-10-12-30(13-11-19)16-22-8-7-21(14-27)33-22/h3,7-8,19-20H,1,4-6,9-13,15-17,28H2,2H3/b25-23+. The van der Waals surface area contributed by atoms with Crippen LogP contribution in [-0.4, -0.2) is 36.3 Å². The van der Waals surface area contributed by atoms with Gasteiger partial charge < -0.3 is 15.0 Å². The molecular weight excluding hydrogens is 432 g/mol. The summed E-state index contributed by atoms with van der Waals surface area (Å²) in [4.78, 5) is 4.57. The molecular formula is C26H34N4O2S. The Morgan fingerprint density at radius 3 is 2.76 bits per heavy atom. The fourth-order valence-corrected chi connectivity index (χ4v) is 5.31. The van der Waals surface area contributed by atoms with E-state index >= 15 is 0 Å². The largest absolute Gasteiger partial charge is 0.493 e. The van der Waals surface area contributed by atoms with Gasteiger partial charge >= 0.3 is 0 Å². The van der Waals surface area contributed by atoms with E-state index in [4.69, 9.17) is 20.3 Å². The number of nitrogens with zero attached hydrogens (tertiary/aromatic N) is 3. The minimum absolute atomic E-state index is 0.333. The van der Waals surface area contributed by atoms with Gasteiger partial charge in [0.05, 0.1) is 17.9 Å². The normalized spacial score (nSPS) is 18.1. The zero-order valence-electron chi connectivity index (χ0n) is 19.5. The first kappa shape index (κ1) is 23.7. The zero-order chi connectivity index (χ0) is 23.2. The van der Waals surface area contributed by atoms with Gasteiger partial charge in [-0.1, -0.05) is 11.7 Å². The molecule has 0 bridgehead atoms. The first-order valence-electron chi connectivity index (χ1n) is 12.0. The summed E-state index contributed by atoms with van der Waals surface area (Å²) in [6.07, 6.45) is 8.64. The Labute approximate surface area is 200 Å². The molecule has 2 fully saturated rings. The number of thiophene rings is 1. The summed E-state index contributed by atoms with van der Waals surface area (Å²) in [5.41, 5.74) is 8.99. The van der Waals surface area contributed by atoms with Gasteiger partial charge in [-0.2, -0.15) is 5.26 Å². The molecule has 33 heavy (non-hydrogen) atoms. The molecule has 176 valence electrons. The number of hydrogen-bond donors (Lipinski definition) is 1. The third kappa shape index (κ3) is 6.14. The molecule has 2 aromatic heterocycles. The van der Waals surface area contributed by atoms with E-state index in [0.717, 1.165) is 72.3 Å². The maximum atomic E-state index is 9.01. The molecule has 0 radical (unpaired) electrons. The molecule has 2 aromatic rings. The average molecular weight is 467 g/mol. The molecule has 0 aromatic carbocycles. The summed E-state index contributed by atoms with van der Waals surface area (Å²) < 4.78 is 11.7. The quantitative estimate of drug-likeness (QED) is 0.368. The Kier molecular flexibility index (Phi) is 8.02. The lowest BCUT2D eigenvalue weighted by atomic mass is 9.91. The van der Waals surface area contributed by atoms with E-state index in [1.807, 2.05) is 6.07 Å². The molecule has 2 aliphatic rings. The van der Waals surface area contributed by atoms with Crippen molar-refractivity contribution in [3.8, 4) is 6.07 Å². The molecule has 4 rings (SSSR count). The van der Waals surface area contributed by atoms with Gasteiger partial charge in [0.1, 0.15) is 16.7 Å². The topological polar surface area (TPSA) is 88.3 Å². The smallest absolute Gasteiger partial charge is 0.170 e. The minimum Gasteiger partial charge on any atom is -0.493 e. The minimum atomic E-state index is 0.333. The van der Waals surface area contributed by atoms with Crippen molar-refractivity contribution >= 4 is 16.9 Å². The molecule has 0 amide bonds. The van der Waals surface area contributed by atoms with Gasteiger partial charge in [-0.3, -0.25) is 4.90 Å². The van der Waals surface area contributed by atoms with Crippen molar-refractivity contribution in [1.29, 1.82) is 5.26 Å². The van der Waals surface area contributed by atoms with Gasteiger partial charge in [-0.15, -0.1) is 11.3 Å². The number of ether oxygens (including phenoxy) is 1. The van der Waals surface area contributed by atoms with Crippen LogP contribution in [0.25, 0.3) is 5.57 Å². The summed E-state index contributed by atoms with van der Waals surface area (Å²) >= 11 is 1.60. The lowest BCUT2D eigenvalue weighted by Crippen LogP contribution is -2.33.